The molecular weight excluding hydrogens is 318 g/mol. The molecule has 0 spiro atoms. The topological polar surface area (TPSA) is 62.3 Å². The lowest BCUT2D eigenvalue weighted by atomic mass is 10.1. The molecule has 1 saturated heterocycles. The fourth-order valence-electron chi connectivity index (χ4n) is 2.47. The summed E-state index contributed by atoms with van der Waals surface area (Å²) in [5.41, 5.74) is 7.21. The molecule has 0 unspecified atom stereocenters. The molecule has 20 heavy (non-hydrogen) atoms. The van der Waals surface area contributed by atoms with E-state index in [0.717, 1.165) is 54.7 Å². The van der Waals surface area contributed by atoms with Gasteiger partial charge in [0.25, 0.3) is 0 Å². The van der Waals surface area contributed by atoms with Crippen molar-refractivity contribution in [1.29, 1.82) is 5.26 Å². The molecule has 0 bridgehead atoms. The summed E-state index contributed by atoms with van der Waals surface area (Å²) in [6.45, 7) is 3.30. The Balaban J connectivity index is 1.92. The molecule has 0 radical (unpaired) electrons. The number of rotatable bonds is 5. The van der Waals surface area contributed by atoms with Gasteiger partial charge < -0.3 is 15.4 Å². The van der Waals surface area contributed by atoms with Gasteiger partial charge in [-0.05, 0) is 44.0 Å². The SMILES string of the molecule is N#Cc1cc(Br)ccc1N1CCC(OCCCN)CC1. The van der Waals surface area contributed by atoms with Crippen LogP contribution in [0.4, 0.5) is 5.69 Å². The van der Waals surface area contributed by atoms with Crippen molar-refractivity contribution in [3.63, 3.8) is 0 Å². The monoisotopic (exact) mass is 337 g/mol. The molecule has 5 heteroatoms. The number of nitriles is 1. The number of hydrogen-bond donors (Lipinski definition) is 1. The Bertz CT molecular complexity index is 478. The Morgan fingerprint density at radius 1 is 1.40 bits per heavy atom. The molecule has 2 N–H and O–H groups in total. The highest BCUT2D eigenvalue weighted by Gasteiger charge is 2.21. The zero-order valence-electron chi connectivity index (χ0n) is 11.5. The Kier molecular flexibility index (Phi) is 5.84. The van der Waals surface area contributed by atoms with Crippen LogP contribution in [0.3, 0.4) is 0 Å². The van der Waals surface area contributed by atoms with Crippen LogP contribution >= 0.6 is 15.9 Å². The molecule has 0 aliphatic carbocycles. The third-order valence-corrected chi connectivity index (χ3v) is 4.06. The highest BCUT2D eigenvalue weighted by Crippen LogP contribution is 2.27. The van der Waals surface area contributed by atoms with Gasteiger partial charge in [0.2, 0.25) is 0 Å². The zero-order chi connectivity index (χ0) is 14.4. The third-order valence-electron chi connectivity index (χ3n) is 3.56. The summed E-state index contributed by atoms with van der Waals surface area (Å²) in [4.78, 5) is 2.27. The lowest BCUT2D eigenvalue weighted by molar-refractivity contribution is 0.0366. The van der Waals surface area contributed by atoms with Crippen LogP contribution in [0.5, 0.6) is 0 Å². The molecule has 1 fully saturated rings. The van der Waals surface area contributed by atoms with E-state index in [2.05, 4.69) is 26.9 Å². The van der Waals surface area contributed by atoms with Gasteiger partial charge >= 0.3 is 0 Å². The van der Waals surface area contributed by atoms with Crippen LogP contribution < -0.4 is 10.6 Å². The number of halogens is 1. The summed E-state index contributed by atoms with van der Waals surface area (Å²) in [5, 5.41) is 9.23. The van der Waals surface area contributed by atoms with Gasteiger partial charge in [-0.15, -0.1) is 0 Å². The lowest BCUT2D eigenvalue weighted by Gasteiger charge is -2.34. The Morgan fingerprint density at radius 3 is 2.80 bits per heavy atom. The normalized spacial score (nSPS) is 16.1. The second kappa shape index (κ2) is 7.63. The molecule has 1 aromatic carbocycles. The first kappa shape index (κ1) is 15.3. The first-order chi connectivity index (χ1) is 9.74. The minimum atomic E-state index is 0.332. The van der Waals surface area contributed by atoms with E-state index in [0.29, 0.717) is 12.6 Å². The summed E-state index contributed by atoms with van der Waals surface area (Å²) >= 11 is 3.41. The van der Waals surface area contributed by atoms with E-state index < -0.39 is 0 Å². The van der Waals surface area contributed by atoms with Crippen molar-refractivity contribution in [3.8, 4) is 6.07 Å². The minimum absolute atomic E-state index is 0.332. The number of nitrogens with two attached hydrogens (primary N) is 1. The number of ether oxygens (including phenoxy) is 1. The van der Waals surface area contributed by atoms with Crippen molar-refractivity contribution in [1.82, 2.24) is 0 Å². The molecule has 1 aliphatic heterocycles. The third kappa shape index (κ3) is 3.95. The number of piperidine rings is 1. The first-order valence-corrected chi connectivity index (χ1v) is 7.80. The van der Waals surface area contributed by atoms with Gasteiger partial charge in [0.1, 0.15) is 6.07 Å². The Labute approximate surface area is 128 Å². The van der Waals surface area contributed by atoms with E-state index in [1.165, 1.54) is 0 Å². The number of hydrogen-bond acceptors (Lipinski definition) is 4. The maximum atomic E-state index is 9.23. The highest BCUT2D eigenvalue weighted by molar-refractivity contribution is 9.10. The van der Waals surface area contributed by atoms with Crippen LogP contribution in [-0.4, -0.2) is 32.3 Å². The van der Waals surface area contributed by atoms with Crippen LogP contribution in [0.15, 0.2) is 22.7 Å². The van der Waals surface area contributed by atoms with E-state index in [4.69, 9.17) is 10.5 Å². The second-order valence-corrected chi connectivity index (χ2v) is 5.89. The van der Waals surface area contributed by atoms with Crippen LogP contribution in [0.2, 0.25) is 0 Å². The average Bonchev–Trinajstić information content (AvgIpc) is 2.48. The quantitative estimate of drug-likeness (QED) is 0.839. The fourth-order valence-corrected chi connectivity index (χ4v) is 2.83. The molecule has 0 amide bonds. The first-order valence-electron chi connectivity index (χ1n) is 7.01. The molecule has 4 nitrogen and oxygen atoms in total. The average molecular weight is 338 g/mol. The van der Waals surface area contributed by atoms with Crippen molar-refractivity contribution in [2.24, 2.45) is 5.73 Å². The molecule has 1 heterocycles. The van der Waals surface area contributed by atoms with Crippen molar-refractivity contribution in [3.05, 3.63) is 28.2 Å². The van der Waals surface area contributed by atoms with Crippen molar-refractivity contribution >= 4 is 21.6 Å². The van der Waals surface area contributed by atoms with Crippen LogP contribution in [0, 0.1) is 11.3 Å². The van der Waals surface area contributed by atoms with Gasteiger partial charge in [0, 0.05) is 24.2 Å². The zero-order valence-corrected chi connectivity index (χ0v) is 13.1. The smallest absolute Gasteiger partial charge is 0.101 e. The Hall–Kier alpha value is -1.09. The van der Waals surface area contributed by atoms with Crippen molar-refractivity contribution in [2.75, 3.05) is 31.1 Å². The number of benzene rings is 1. The summed E-state index contributed by atoms with van der Waals surface area (Å²) in [6.07, 6.45) is 3.27. The standard InChI is InChI=1S/C15H20BrN3O/c16-13-2-3-15(12(10-13)11-18)19-7-4-14(5-8-19)20-9-1-6-17/h2-3,10,14H,1,4-9,17H2. The maximum absolute atomic E-state index is 9.23. The van der Waals surface area contributed by atoms with Gasteiger partial charge in [-0.2, -0.15) is 5.26 Å². The molecule has 0 atom stereocenters. The van der Waals surface area contributed by atoms with Crippen LogP contribution in [0.25, 0.3) is 0 Å². The Morgan fingerprint density at radius 2 is 2.15 bits per heavy atom. The van der Waals surface area contributed by atoms with Gasteiger partial charge in [-0.1, -0.05) is 15.9 Å². The van der Waals surface area contributed by atoms with Gasteiger partial charge in [-0.25, -0.2) is 0 Å². The summed E-state index contributed by atoms with van der Waals surface area (Å²) in [6, 6.07) is 8.14. The lowest BCUT2D eigenvalue weighted by Crippen LogP contribution is -2.37. The molecule has 1 aliphatic rings. The van der Waals surface area contributed by atoms with E-state index in [9.17, 15) is 5.26 Å². The van der Waals surface area contributed by atoms with E-state index in [1.807, 2.05) is 18.2 Å². The van der Waals surface area contributed by atoms with Gasteiger partial charge in [-0.3, -0.25) is 0 Å². The fraction of sp³-hybridized carbons (Fsp3) is 0.533. The number of anilines is 1. The predicted octanol–water partition coefficient (Wildman–Crippen LogP) is 2.65. The highest BCUT2D eigenvalue weighted by atomic mass is 79.9. The van der Waals surface area contributed by atoms with Crippen molar-refractivity contribution in [2.45, 2.75) is 25.4 Å². The van der Waals surface area contributed by atoms with E-state index >= 15 is 0 Å². The van der Waals surface area contributed by atoms with Crippen LogP contribution in [0.1, 0.15) is 24.8 Å². The predicted molar refractivity (Wildman–Crippen MR) is 83.7 cm³/mol. The van der Waals surface area contributed by atoms with E-state index in [1.54, 1.807) is 0 Å². The van der Waals surface area contributed by atoms with Gasteiger partial charge in [0.05, 0.1) is 17.4 Å². The summed E-state index contributed by atoms with van der Waals surface area (Å²) in [5.74, 6) is 0. The van der Waals surface area contributed by atoms with E-state index in [-0.39, 0.29) is 0 Å². The second-order valence-electron chi connectivity index (χ2n) is 4.97. The summed E-state index contributed by atoms with van der Waals surface area (Å²) < 4.78 is 6.75. The molecule has 2 rings (SSSR count). The molecule has 0 saturated carbocycles. The van der Waals surface area contributed by atoms with Gasteiger partial charge in [0.15, 0.2) is 0 Å². The largest absolute Gasteiger partial charge is 0.378 e. The maximum Gasteiger partial charge on any atom is 0.101 e. The van der Waals surface area contributed by atoms with Crippen LogP contribution in [-0.2, 0) is 4.74 Å². The molecule has 108 valence electrons. The van der Waals surface area contributed by atoms with Crippen molar-refractivity contribution < 1.29 is 4.74 Å². The number of nitrogens with zero attached hydrogens (tertiary/aromatic N) is 2. The molecular formula is C15H20BrN3O. The molecule has 1 aromatic rings. The molecule has 0 aromatic heterocycles. The minimum Gasteiger partial charge on any atom is -0.378 e. The summed E-state index contributed by atoms with van der Waals surface area (Å²) in [7, 11) is 0.